The number of hydrogen-bond acceptors (Lipinski definition) is 3. The average Bonchev–Trinajstić information content (AvgIpc) is 2.39. The maximum Gasteiger partial charge on any atom is 0.365 e. The van der Waals surface area contributed by atoms with Crippen LogP contribution in [0.15, 0.2) is 27.4 Å². The summed E-state index contributed by atoms with van der Waals surface area (Å²) in [7, 11) is 0. The van der Waals surface area contributed by atoms with Crippen LogP contribution < -0.4 is 5.43 Å². The van der Waals surface area contributed by atoms with Crippen LogP contribution in [0.25, 0.3) is 11.0 Å². The van der Waals surface area contributed by atoms with E-state index in [1.165, 1.54) is 24.3 Å². The molecule has 0 saturated carbocycles. The van der Waals surface area contributed by atoms with Crippen LogP contribution in [0.4, 0.5) is 17.6 Å². The van der Waals surface area contributed by atoms with Gasteiger partial charge in [-0.15, -0.1) is 0 Å². The number of hydrogen-bond donors (Lipinski definition) is 0. The minimum Gasteiger partial charge on any atom is -0.453 e. The van der Waals surface area contributed by atoms with Gasteiger partial charge in [0.05, 0.1) is 5.39 Å². The van der Waals surface area contributed by atoms with E-state index in [0.717, 1.165) is 0 Å². The SMILES string of the molecule is Cc1ccc2oc(C(F)(F)C(F)F)c(C#N)c(=O)c2c1. The zero-order valence-corrected chi connectivity index (χ0v) is 10.1. The van der Waals surface area contributed by atoms with Crippen molar-refractivity contribution in [1.29, 1.82) is 5.26 Å². The summed E-state index contributed by atoms with van der Waals surface area (Å²) >= 11 is 0. The zero-order chi connectivity index (χ0) is 15.1. The van der Waals surface area contributed by atoms with Crippen molar-refractivity contribution in [1.82, 2.24) is 0 Å². The van der Waals surface area contributed by atoms with Crippen molar-refractivity contribution >= 4 is 11.0 Å². The Bertz CT molecular complexity index is 774. The fourth-order valence-corrected chi connectivity index (χ4v) is 1.74. The maximum absolute atomic E-state index is 13.4. The zero-order valence-electron chi connectivity index (χ0n) is 10.1. The lowest BCUT2D eigenvalue weighted by molar-refractivity contribution is -0.147. The van der Waals surface area contributed by atoms with E-state index >= 15 is 0 Å². The molecule has 0 unspecified atom stereocenters. The lowest BCUT2D eigenvalue weighted by Crippen LogP contribution is -2.27. The average molecular weight is 285 g/mol. The number of benzene rings is 1. The molecule has 2 aromatic rings. The Hall–Kier alpha value is -2.36. The summed E-state index contributed by atoms with van der Waals surface area (Å²) in [4.78, 5) is 11.9. The summed E-state index contributed by atoms with van der Waals surface area (Å²) in [5.74, 6) is -6.31. The summed E-state index contributed by atoms with van der Waals surface area (Å²) in [6.45, 7) is 1.65. The Balaban J connectivity index is 2.91. The van der Waals surface area contributed by atoms with Gasteiger partial charge >= 0.3 is 12.3 Å². The Morgan fingerprint density at radius 2 is 2.00 bits per heavy atom. The van der Waals surface area contributed by atoms with Crippen LogP contribution in [0.3, 0.4) is 0 Å². The second kappa shape index (κ2) is 4.63. The molecule has 0 atom stereocenters. The summed E-state index contributed by atoms with van der Waals surface area (Å²) in [6.07, 6.45) is -4.08. The second-order valence-electron chi connectivity index (χ2n) is 4.17. The van der Waals surface area contributed by atoms with Gasteiger partial charge in [-0.05, 0) is 19.1 Å². The molecule has 2 rings (SSSR count). The van der Waals surface area contributed by atoms with E-state index in [2.05, 4.69) is 0 Å². The van der Waals surface area contributed by atoms with Gasteiger partial charge in [0.1, 0.15) is 17.2 Å². The number of rotatable bonds is 2. The largest absolute Gasteiger partial charge is 0.453 e. The van der Waals surface area contributed by atoms with Crippen LogP contribution in [0, 0.1) is 18.3 Å². The minimum absolute atomic E-state index is 0.102. The first-order chi connectivity index (χ1) is 9.28. The molecule has 3 nitrogen and oxygen atoms in total. The Labute approximate surface area is 110 Å². The molecule has 0 radical (unpaired) electrons. The third kappa shape index (κ3) is 2.03. The Morgan fingerprint density at radius 1 is 1.35 bits per heavy atom. The third-order valence-corrected chi connectivity index (χ3v) is 2.73. The van der Waals surface area contributed by atoms with Gasteiger partial charge in [0.2, 0.25) is 11.2 Å². The van der Waals surface area contributed by atoms with Crippen molar-refractivity contribution in [2.75, 3.05) is 0 Å². The van der Waals surface area contributed by atoms with E-state index in [1.807, 2.05) is 0 Å². The third-order valence-electron chi connectivity index (χ3n) is 2.73. The van der Waals surface area contributed by atoms with E-state index in [0.29, 0.717) is 5.56 Å². The molecule has 1 heterocycles. The van der Waals surface area contributed by atoms with Crippen molar-refractivity contribution in [3.8, 4) is 6.07 Å². The van der Waals surface area contributed by atoms with Gasteiger partial charge < -0.3 is 4.42 Å². The minimum atomic E-state index is -4.71. The predicted molar refractivity (Wildman–Crippen MR) is 61.8 cm³/mol. The first kappa shape index (κ1) is 14.1. The summed E-state index contributed by atoms with van der Waals surface area (Å²) in [5.41, 5.74) is -1.78. The van der Waals surface area contributed by atoms with Crippen LogP contribution in [-0.2, 0) is 5.92 Å². The monoisotopic (exact) mass is 285 g/mol. The normalized spacial score (nSPS) is 11.8. The topological polar surface area (TPSA) is 54.0 Å². The van der Waals surface area contributed by atoms with Crippen LogP contribution >= 0.6 is 0 Å². The van der Waals surface area contributed by atoms with Gasteiger partial charge in [-0.25, -0.2) is 8.78 Å². The second-order valence-corrected chi connectivity index (χ2v) is 4.17. The smallest absolute Gasteiger partial charge is 0.365 e. The standard InChI is InChI=1S/C13H7F4NO2/c1-6-2-3-9-7(4-6)10(19)8(5-18)11(20-9)13(16,17)12(14)15/h2-4,12H,1H3. The number of alkyl halides is 4. The fourth-order valence-electron chi connectivity index (χ4n) is 1.74. The molecule has 0 aliphatic heterocycles. The molecule has 0 amide bonds. The van der Waals surface area contributed by atoms with E-state index in [1.54, 1.807) is 6.92 Å². The number of fused-ring (bicyclic) bond motifs is 1. The molecule has 0 bridgehead atoms. The van der Waals surface area contributed by atoms with Crippen molar-refractivity contribution in [3.05, 3.63) is 45.3 Å². The molecule has 20 heavy (non-hydrogen) atoms. The van der Waals surface area contributed by atoms with Gasteiger partial charge in [-0.1, -0.05) is 11.6 Å². The predicted octanol–water partition coefficient (Wildman–Crippen LogP) is 3.33. The van der Waals surface area contributed by atoms with Crippen LogP contribution in [0.2, 0.25) is 0 Å². The number of halogens is 4. The number of nitriles is 1. The molecule has 1 aromatic carbocycles. The molecular formula is C13H7F4NO2. The van der Waals surface area contributed by atoms with E-state index < -0.39 is 29.1 Å². The number of nitrogens with zero attached hydrogens (tertiary/aromatic N) is 1. The van der Waals surface area contributed by atoms with Gasteiger partial charge in [-0.3, -0.25) is 4.79 Å². The Morgan fingerprint density at radius 3 is 2.55 bits per heavy atom. The first-order valence-corrected chi connectivity index (χ1v) is 5.43. The van der Waals surface area contributed by atoms with E-state index in [9.17, 15) is 22.4 Å². The summed E-state index contributed by atoms with van der Waals surface area (Å²) in [6, 6.07) is 5.25. The van der Waals surface area contributed by atoms with E-state index in [-0.39, 0.29) is 11.0 Å². The number of aryl methyl sites for hydroxylation is 1. The van der Waals surface area contributed by atoms with Crippen LogP contribution in [-0.4, -0.2) is 6.43 Å². The molecule has 0 fully saturated rings. The van der Waals surface area contributed by atoms with Gasteiger partial charge in [-0.2, -0.15) is 14.0 Å². The molecule has 0 N–H and O–H groups in total. The lowest BCUT2D eigenvalue weighted by Gasteiger charge is -2.15. The van der Waals surface area contributed by atoms with Crippen molar-refractivity contribution in [3.63, 3.8) is 0 Å². The summed E-state index contributed by atoms with van der Waals surface area (Å²) < 4.78 is 56.2. The fraction of sp³-hybridized carbons (Fsp3) is 0.231. The van der Waals surface area contributed by atoms with Gasteiger partial charge in [0.25, 0.3) is 0 Å². The highest BCUT2D eigenvalue weighted by Gasteiger charge is 2.48. The molecule has 0 aliphatic carbocycles. The lowest BCUT2D eigenvalue weighted by atomic mass is 10.1. The maximum atomic E-state index is 13.4. The Kier molecular flexibility index (Phi) is 3.26. The molecule has 0 saturated heterocycles. The quantitative estimate of drug-likeness (QED) is 0.795. The molecule has 0 spiro atoms. The van der Waals surface area contributed by atoms with Crippen molar-refractivity contribution < 1.29 is 22.0 Å². The highest BCUT2D eigenvalue weighted by Crippen LogP contribution is 2.36. The summed E-state index contributed by atoms with van der Waals surface area (Å²) in [5, 5.41) is 8.68. The van der Waals surface area contributed by atoms with Gasteiger partial charge in [0, 0.05) is 0 Å². The van der Waals surface area contributed by atoms with Crippen molar-refractivity contribution in [2.45, 2.75) is 19.3 Å². The molecule has 0 aliphatic rings. The highest BCUT2D eigenvalue weighted by molar-refractivity contribution is 5.78. The molecular weight excluding hydrogens is 278 g/mol. The van der Waals surface area contributed by atoms with Gasteiger partial charge in [0.15, 0.2) is 0 Å². The molecule has 1 aromatic heterocycles. The highest BCUT2D eigenvalue weighted by atomic mass is 19.3. The van der Waals surface area contributed by atoms with Crippen LogP contribution in [0.1, 0.15) is 16.9 Å². The van der Waals surface area contributed by atoms with Crippen molar-refractivity contribution in [2.24, 2.45) is 0 Å². The van der Waals surface area contributed by atoms with E-state index in [4.69, 9.17) is 9.68 Å². The molecule has 104 valence electrons. The van der Waals surface area contributed by atoms with Crippen LogP contribution in [0.5, 0.6) is 0 Å². The molecule has 7 heteroatoms. The first-order valence-electron chi connectivity index (χ1n) is 5.43.